The maximum absolute atomic E-state index is 6.31. The maximum Gasteiger partial charge on any atom is 0.0642 e. The molecule has 0 radical (unpaired) electrons. The molecule has 0 spiro atoms. The smallest absolute Gasteiger partial charge is 0.0642 e. The first-order valence-electron chi connectivity index (χ1n) is 5.38. The standard InChI is InChI=1S/C13H12Br2ClNS/c1-17(7-11-5-10(15)8-18-11)13-3-2-9(6-14)4-12(13)16/h2-5,8H,6-7H2,1H3. The van der Waals surface area contributed by atoms with E-state index in [9.17, 15) is 0 Å². The molecular weight excluding hydrogens is 397 g/mol. The SMILES string of the molecule is CN(Cc1cc(Br)cs1)c1ccc(CBr)cc1Cl. The summed E-state index contributed by atoms with van der Waals surface area (Å²) >= 11 is 15.0. The lowest BCUT2D eigenvalue weighted by molar-refractivity contribution is 0.939. The van der Waals surface area contributed by atoms with Crippen LogP contribution < -0.4 is 4.90 Å². The second-order valence-electron chi connectivity index (χ2n) is 4.01. The van der Waals surface area contributed by atoms with Crippen LogP contribution >= 0.6 is 54.8 Å². The molecule has 18 heavy (non-hydrogen) atoms. The van der Waals surface area contributed by atoms with Crippen LogP contribution in [0.25, 0.3) is 0 Å². The molecule has 1 nitrogen and oxygen atoms in total. The lowest BCUT2D eigenvalue weighted by Crippen LogP contribution is -2.15. The molecule has 0 fully saturated rings. The summed E-state index contributed by atoms with van der Waals surface area (Å²) in [5.41, 5.74) is 2.25. The van der Waals surface area contributed by atoms with Crippen molar-refractivity contribution in [2.75, 3.05) is 11.9 Å². The number of hydrogen-bond donors (Lipinski definition) is 0. The van der Waals surface area contributed by atoms with Gasteiger partial charge >= 0.3 is 0 Å². The number of thiophene rings is 1. The van der Waals surface area contributed by atoms with E-state index in [1.165, 1.54) is 10.4 Å². The summed E-state index contributed by atoms with van der Waals surface area (Å²) in [5, 5.41) is 3.72. The molecule has 0 aliphatic carbocycles. The molecule has 5 heteroatoms. The highest BCUT2D eigenvalue weighted by Crippen LogP contribution is 2.29. The summed E-state index contributed by atoms with van der Waals surface area (Å²) in [6.07, 6.45) is 0. The first-order chi connectivity index (χ1) is 8.60. The van der Waals surface area contributed by atoms with E-state index in [0.717, 1.165) is 27.1 Å². The van der Waals surface area contributed by atoms with Crippen LogP contribution in [-0.4, -0.2) is 7.05 Å². The first-order valence-corrected chi connectivity index (χ1v) is 8.56. The molecule has 0 aliphatic rings. The van der Waals surface area contributed by atoms with E-state index in [1.807, 2.05) is 6.07 Å². The molecule has 0 amide bonds. The lowest BCUT2D eigenvalue weighted by atomic mass is 10.2. The van der Waals surface area contributed by atoms with Crippen LogP contribution in [0.1, 0.15) is 10.4 Å². The van der Waals surface area contributed by atoms with Crippen molar-refractivity contribution in [3.63, 3.8) is 0 Å². The molecule has 0 saturated carbocycles. The fourth-order valence-electron chi connectivity index (χ4n) is 1.70. The van der Waals surface area contributed by atoms with Gasteiger partial charge in [-0.1, -0.05) is 33.6 Å². The normalized spacial score (nSPS) is 10.7. The van der Waals surface area contributed by atoms with E-state index in [2.05, 4.69) is 67.4 Å². The summed E-state index contributed by atoms with van der Waals surface area (Å²) in [4.78, 5) is 3.48. The Labute approximate surface area is 133 Å². The third-order valence-corrected chi connectivity index (χ3v) is 5.22. The van der Waals surface area contributed by atoms with Crippen molar-refractivity contribution in [2.45, 2.75) is 11.9 Å². The van der Waals surface area contributed by atoms with Gasteiger partial charge in [0, 0.05) is 27.1 Å². The molecule has 0 aliphatic heterocycles. The zero-order valence-corrected chi connectivity index (χ0v) is 14.5. The number of nitrogens with zero attached hydrogens (tertiary/aromatic N) is 1. The van der Waals surface area contributed by atoms with Crippen molar-refractivity contribution >= 4 is 60.5 Å². The Hall–Kier alpha value is -0.0300. The first kappa shape index (κ1) is 14.4. The van der Waals surface area contributed by atoms with Gasteiger partial charge in [-0.05, 0) is 39.7 Å². The second kappa shape index (κ2) is 6.42. The Balaban J connectivity index is 2.15. The number of rotatable bonds is 4. The molecule has 0 saturated heterocycles. The van der Waals surface area contributed by atoms with Crippen LogP contribution in [0.4, 0.5) is 5.69 Å². The number of anilines is 1. The molecule has 1 aromatic heterocycles. The zero-order chi connectivity index (χ0) is 13.1. The molecule has 1 aromatic carbocycles. The van der Waals surface area contributed by atoms with Gasteiger partial charge in [-0.25, -0.2) is 0 Å². The lowest BCUT2D eigenvalue weighted by Gasteiger charge is -2.20. The summed E-state index contributed by atoms with van der Waals surface area (Å²) in [5.74, 6) is 0. The third kappa shape index (κ3) is 3.50. The molecule has 1 heterocycles. The van der Waals surface area contributed by atoms with Crippen LogP contribution in [0.2, 0.25) is 5.02 Å². The number of alkyl halides is 1. The molecule has 0 unspecified atom stereocenters. The van der Waals surface area contributed by atoms with Crippen LogP contribution in [0.5, 0.6) is 0 Å². The van der Waals surface area contributed by atoms with Crippen molar-refractivity contribution in [1.82, 2.24) is 0 Å². The van der Waals surface area contributed by atoms with Gasteiger partial charge in [-0.3, -0.25) is 0 Å². The minimum atomic E-state index is 0.796. The van der Waals surface area contributed by atoms with Crippen molar-refractivity contribution in [3.8, 4) is 0 Å². The topological polar surface area (TPSA) is 3.24 Å². The van der Waals surface area contributed by atoms with Gasteiger partial charge in [0.2, 0.25) is 0 Å². The van der Waals surface area contributed by atoms with Crippen LogP contribution in [-0.2, 0) is 11.9 Å². The molecule has 2 rings (SSSR count). The highest BCUT2D eigenvalue weighted by Gasteiger charge is 2.08. The van der Waals surface area contributed by atoms with E-state index < -0.39 is 0 Å². The van der Waals surface area contributed by atoms with Gasteiger partial charge in [0.25, 0.3) is 0 Å². The summed E-state index contributed by atoms with van der Waals surface area (Å²) < 4.78 is 1.14. The van der Waals surface area contributed by atoms with Gasteiger partial charge in [-0.15, -0.1) is 11.3 Å². The number of hydrogen-bond acceptors (Lipinski definition) is 2. The quantitative estimate of drug-likeness (QED) is 0.586. The Morgan fingerprint density at radius 3 is 2.67 bits per heavy atom. The second-order valence-corrected chi connectivity index (χ2v) is 6.89. The van der Waals surface area contributed by atoms with Crippen molar-refractivity contribution in [3.05, 3.63) is 49.6 Å². The summed E-state index contributed by atoms with van der Waals surface area (Å²) in [7, 11) is 2.06. The minimum absolute atomic E-state index is 0.796. The van der Waals surface area contributed by atoms with E-state index in [0.29, 0.717) is 0 Å². The fourth-order valence-corrected chi connectivity index (χ4v) is 3.90. The Morgan fingerprint density at radius 1 is 1.33 bits per heavy atom. The van der Waals surface area contributed by atoms with E-state index >= 15 is 0 Å². The summed E-state index contributed by atoms with van der Waals surface area (Å²) in [6, 6.07) is 8.31. The van der Waals surface area contributed by atoms with E-state index in [4.69, 9.17) is 11.6 Å². The van der Waals surface area contributed by atoms with Crippen molar-refractivity contribution < 1.29 is 0 Å². The van der Waals surface area contributed by atoms with Gasteiger partial charge in [0.1, 0.15) is 0 Å². The van der Waals surface area contributed by atoms with Crippen molar-refractivity contribution in [2.24, 2.45) is 0 Å². The molecule has 0 N–H and O–H groups in total. The van der Waals surface area contributed by atoms with Crippen LogP contribution in [0.15, 0.2) is 34.1 Å². The van der Waals surface area contributed by atoms with E-state index in [-0.39, 0.29) is 0 Å². The van der Waals surface area contributed by atoms with Gasteiger partial charge in [0.05, 0.1) is 17.3 Å². The zero-order valence-electron chi connectivity index (χ0n) is 9.79. The fraction of sp³-hybridized carbons (Fsp3) is 0.231. The minimum Gasteiger partial charge on any atom is -0.368 e. The molecule has 0 atom stereocenters. The highest BCUT2D eigenvalue weighted by atomic mass is 79.9. The third-order valence-electron chi connectivity index (χ3n) is 2.59. The highest BCUT2D eigenvalue weighted by molar-refractivity contribution is 9.10. The molecule has 96 valence electrons. The van der Waals surface area contributed by atoms with Crippen LogP contribution in [0.3, 0.4) is 0 Å². The average Bonchev–Trinajstić information content (AvgIpc) is 2.74. The van der Waals surface area contributed by atoms with Gasteiger partial charge < -0.3 is 4.90 Å². The van der Waals surface area contributed by atoms with Gasteiger partial charge in [-0.2, -0.15) is 0 Å². The maximum atomic E-state index is 6.31. The Morgan fingerprint density at radius 2 is 2.11 bits per heavy atom. The monoisotopic (exact) mass is 407 g/mol. The predicted octanol–water partition coefficient (Wildman–Crippen LogP) is 5.70. The molecule has 2 aromatic rings. The Kier molecular flexibility index (Phi) is 5.13. The molecular formula is C13H12Br2ClNS. The van der Waals surface area contributed by atoms with Crippen molar-refractivity contribution in [1.29, 1.82) is 0 Å². The van der Waals surface area contributed by atoms with E-state index in [1.54, 1.807) is 11.3 Å². The van der Waals surface area contributed by atoms with Crippen LogP contribution in [0, 0.1) is 0 Å². The Bertz CT molecular complexity index is 542. The average molecular weight is 410 g/mol. The largest absolute Gasteiger partial charge is 0.368 e. The van der Waals surface area contributed by atoms with Gasteiger partial charge in [0.15, 0.2) is 0 Å². The number of benzene rings is 1. The number of halogens is 3. The summed E-state index contributed by atoms with van der Waals surface area (Å²) in [6.45, 7) is 0.865. The predicted molar refractivity (Wildman–Crippen MR) is 88.2 cm³/mol. The molecule has 0 bridgehead atoms.